The highest BCUT2D eigenvalue weighted by atomic mass is 31.2. The summed E-state index contributed by atoms with van der Waals surface area (Å²) in [6, 6.07) is -0.915. The van der Waals surface area contributed by atoms with Crippen molar-refractivity contribution in [1.82, 2.24) is 5.32 Å². The maximum Gasteiger partial charge on any atom is 0.268 e. The molecule has 0 bridgehead atoms. The van der Waals surface area contributed by atoms with Gasteiger partial charge in [-0.3, -0.25) is 9.36 Å². The minimum absolute atomic E-state index is 0.0120. The molecule has 9 heteroatoms. The maximum absolute atomic E-state index is 13.0. The Labute approximate surface area is 507 Å². The first-order chi connectivity index (χ1) is 40.0. The van der Waals surface area contributed by atoms with E-state index >= 15 is 0 Å². The maximum atomic E-state index is 13.0. The molecule has 0 radical (unpaired) electrons. The van der Waals surface area contributed by atoms with Crippen LogP contribution in [0.5, 0.6) is 0 Å². The Morgan fingerprint density at radius 1 is 0.439 bits per heavy atom. The molecule has 0 spiro atoms. The molecule has 0 aromatic carbocycles. The number of aliphatic hydroxyl groups is 1. The molecule has 0 aromatic rings. The number of quaternary nitrogens is 1. The van der Waals surface area contributed by atoms with Crippen LogP contribution in [-0.2, 0) is 18.4 Å². The lowest BCUT2D eigenvalue weighted by molar-refractivity contribution is -0.870. The number of nitrogens with zero attached hydrogens (tertiary/aromatic N) is 1. The Morgan fingerprint density at radius 3 is 1.13 bits per heavy atom. The third kappa shape index (κ3) is 64.5. The first-order valence-corrected chi connectivity index (χ1v) is 35.4. The monoisotopic (exact) mass is 1160 g/mol. The molecule has 472 valence electrons. The zero-order valence-corrected chi connectivity index (χ0v) is 54.8. The highest BCUT2D eigenvalue weighted by molar-refractivity contribution is 7.45. The molecule has 2 N–H and O–H groups in total. The lowest BCUT2D eigenvalue weighted by Gasteiger charge is -2.29. The molecule has 82 heavy (non-hydrogen) atoms. The third-order valence-electron chi connectivity index (χ3n) is 14.6. The minimum Gasteiger partial charge on any atom is -0.756 e. The standard InChI is InChI=1S/C73H129N2O6P/c1-6-8-10-12-14-16-18-20-22-24-26-27-28-29-30-31-32-33-34-35-36-37-38-39-40-41-42-43-44-45-46-47-49-51-53-55-57-59-61-63-65-67-73(77)74-71(70-81-82(78,79)80-69-68-75(3,4)5)72(76)66-64-62-60-58-56-54-52-50-48-25-23-21-19-17-15-13-11-9-7-2/h8,10,14,16,20,22,26-27,29-30,32-33,35-36,48,50,56,58,64,66,71-72,76H,6-7,9,11-13,15,17-19,21,23-25,28,31,34,37-47,49,51-55,57,59-63,65,67-70H2,1-5H3,(H-,74,77,78,79)/b10-8-,16-14-,22-20-,27-26-,30-29-,33-32-,36-35-,50-48+,58-56+,66-64+. The van der Waals surface area contributed by atoms with Gasteiger partial charge in [-0.1, -0.05) is 296 Å². The van der Waals surface area contributed by atoms with Crippen molar-refractivity contribution in [2.24, 2.45) is 0 Å². The van der Waals surface area contributed by atoms with Gasteiger partial charge in [0.25, 0.3) is 7.82 Å². The van der Waals surface area contributed by atoms with Crippen LogP contribution >= 0.6 is 7.82 Å². The van der Waals surface area contributed by atoms with Gasteiger partial charge in [0.2, 0.25) is 5.91 Å². The van der Waals surface area contributed by atoms with Crippen LogP contribution in [0.25, 0.3) is 0 Å². The Balaban J connectivity index is 4.03. The number of phosphoric acid groups is 1. The van der Waals surface area contributed by atoms with Crippen LogP contribution in [0.15, 0.2) is 122 Å². The number of allylic oxidation sites excluding steroid dienone is 19. The summed E-state index contributed by atoms with van der Waals surface area (Å²) in [6.07, 6.45) is 93.2. The largest absolute Gasteiger partial charge is 0.756 e. The van der Waals surface area contributed by atoms with Gasteiger partial charge in [0.05, 0.1) is 39.9 Å². The number of unbranched alkanes of at least 4 members (excludes halogenated alkanes) is 30. The Kier molecular flexibility index (Phi) is 60.1. The predicted molar refractivity (Wildman–Crippen MR) is 357 cm³/mol. The summed E-state index contributed by atoms with van der Waals surface area (Å²) in [7, 11) is 1.23. The molecule has 0 aliphatic carbocycles. The van der Waals surface area contributed by atoms with Crippen molar-refractivity contribution in [3.8, 4) is 0 Å². The lowest BCUT2D eigenvalue weighted by Crippen LogP contribution is -2.45. The SMILES string of the molecule is CC/C=C\C/C=C\C/C=C\C/C=C\C/C=C\C/C=C\C/C=C\CCCCCCCCCCCCCCCCCCCCCC(=O)NC(COP(=O)([O-])OCC[N+](C)(C)C)C(O)/C=C/CC/C=C/CC/C=C/CCCCCCCCCCC. The van der Waals surface area contributed by atoms with Crippen molar-refractivity contribution in [1.29, 1.82) is 0 Å². The van der Waals surface area contributed by atoms with E-state index in [9.17, 15) is 19.4 Å². The van der Waals surface area contributed by atoms with E-state index in [-0.39, 0.29) is 12.5 Å². The van der Waals surface area contributed by atoms with Crippen LogP contribution in [0.3, 0.4) is 0 Å². The van der Waals surface area contributed by atoms with Crippen LogP contribution < -0.4 is 10.2 Å². The fraction of sp³-hybridized carbons (Fsp3) is 0.712. The molecule has 1 amide bonds. The number of carbonyl (C=O) groups excluding carboxylic acids is 1. The topological polar surface area (TPSA) is 108 Å². The van der Waals surface area contributed by atoms with Crippen molar-refractivity contribution < 1.29 is 32.9 Å². The summed E-state index contributed by atoms with van der Waals surface area (Å²) in [4.78, 5) is 25.6. The first-order valence-electron chi connectivity index (χ1n) is 33.9. The second kappa shape index (κ2) is 62.4. The van der Waals surface area contributed by atoms with E-state index in [1.54, 1.807) is 6.08 Å². The molecule has 0 rings (SSSR count). The molecule has 3 unspecified atom stereocenters. The Morgan fingerprint density at radius 2 is 0.756 bits per heavy atom. The highest BCUT2D eigenvalue weighted by Crippen LogP contribution is 2.38. The van der Waals surface area contributed by atoms with E-state index in [0.717, 1.165) is 89.9 Å². The summed E-state index contributed by atoms with van der Waals surface area (Å²) < 4.78 is 23.4. The fourth-order valence-electron chi connectivity index (χ4n) is 9.40. The van der Waals surface area contributed by atoms with Crippen LogP contribution in [0.4, 0.5) is 0 Å². The third-order valence-corrected chi connectivity index (χ3v) is 15.6. The zero-order chi connectivity index (χ0) is 59.8. The van der Waals surface area contributed by atoms with E-state index in [4.69, 9.17) is 9.05 Å². The van der Waals surface area contributed by atoms with Crippen molar-refractivity contribution in [3.63, 3.8) is 0 Å². The molecule has 8 nitrogen and oxygen atoms in total. The van der Waals surface area contributed by atoms with Gasteiger partial charge in [-0.05, 0) is 103 Å². The number of amides is 1. The summed E-state index contributed by atoms with van der Waals surface area (Å²) in [5, 5.41) is 13.9. The van der Waals surface area contributed by atoms with Crippen LogP contribution in [-0.4, -0.2) is 68.5 Å². The summed E-state index contributed by atoms with van der Waals surface area (Å²) in [6.45, 7) is 4.51. The van der Waals surface area contributed by atoms with Gasteiger partial charge >= 0.3 is 0 Å². The van der Waals surface area contributed by atoms with Gasteiger partial charge in [0, 0.05) is 6.42 Å². The Bertz CT molecular complexity index is 1750. The van der Waals surface area contributed by atoms with Gasteiger partial charge < -0.3 is 28.8 Å². The van der Waals surface area contributed by atoms with Crippen LogP contribution in [0.2, 0.25) is 0 Å². The van der Waals surface area contributed by atoms with Gasteiger partial charge in [-0.25, -0.2) is 0 Å². The van der Waals surface area contributed by atoms with Gasteiger partial charge in [-0.15, -0.1) is 0 Å². The molecule has 0 saturated heterocycles. The van der Waals surface area contributed by atoms with Crippen molar-refractivity contribution >= 4 is 13.7 Å². The molecule has 0 saturated carbocycles. The number of likely N-dealkylation sites (N-methyl/N-ethyl adjacent to an activating group) is 1. The number of rotatable bonds is 61. The van der Waals surface area contributed by atoms with Gasteiger partial charge in [0.1, 0.15) is 13.2 Å². The minimum atomic E-state index is -4.62. The van der Waals surface area contributed by atoms with E-state index < -0.39 is 26.6 Å². The number of carbonyl (C=O) groups is 1. The quantitative estimate of drug-likeness (QED) is 0.0272. The van der Waals surface area contributed by atoms with Crippen LogP contribution in [0.1, 0.15) is 284 Å². The lowest BCUT2D eigenvalue weighted by atomic mass is 10.0. The number of hydrogen-bond donors (Lipinski definition) is 2. The molecule has 0 aliphatic heterocycles. The van der Waals surface area contributed by atoms with Gasteiger partial charge in [0.15, 0.2) is 0 Å². The molecule has 0 fully saturated rings. The zero-order valence-electron chi connectivity index (χ0n) is 53.9. The summed E-state index contributed by atoms with van der Waals surface area (Å²) in [5.41, 5.74) is 0. The number of aliphatic hydroxyl groups excluding tert-OH is 1. The highest BCUT2D eigenvalue weighted by Gasteiger charge is 2.23. The Hall–Kier alpha value is -3.10. The summed E-state index contributed by atoms with van der Waals surface area (Å²) >= 11 is 0. The van der Waals surface area contributed by atoms with E-state index in [1.807, 2.05) is 27.2 Å². The molecule has 0 heterocycles. The van der Waals surface area contributed by atoms with Crippen molar-refractivity contribution in [2.75, 3.05) is 40.9 Å². The van der Waals surface area contributed by atoms with Crippen molar-refractivity contribution in [2.45, 2.75) is 296 Å². The van der Waals surface area contributed by atoms with E-state index in [1.165, 1.54) is 173 Å². The number of phosphoric ester groups is 1. The second-order valence-corrected chi connectivity index (χ2v) is 25.2. The van der Waals surface area contributed by atoms with Crippen LogP contribution in [0, 0.1) is 0 Å². The molecular weight excluding hydrogens is 1030 g/mol. The van der Waals surface area contributed by atoms with E-state index in [2.05, 4.69) is 129 Å². The van der Waals surface area contributed by atoms with Gasteiger partial charge in [-0.2, -0.15) is 0 Å². The van der Waals surface area contributed by atoms with E-state index in [0.29, 0.717) is 17.4 Å². The molecule has 3 atom stereocenters. The molecule has 0 aliphatic rings. The predicted octanol–water partition coefficient (Wildman–Crippen LogP) is 21.0. The number of nitrogens with one attached hydrogen (secondary N) is 1. The molecule has 0 aromatic heterocycles. The summed E-state index contributed by atoms with van der Waals surface area (Å²) in [5.74, 6) is -0.211. The van der Waals surface area contributed by atoms with Crippen molar-refractivity contribution in [3.05, 3.63) is 122 Å². The second-order valence-electron chi connectivity index (χ2n) is 23.8. The average molecular weight is 1160 g/mol. The smallest absolute Gasteiger partial charge is 0.268 e. The first kappa shape index (κ1) is 78.9. The normalized spacial score (nSPS) is 14.5. The number of hydrogen-bond acceptors (Lipinski definition) is 6. The molecular formula is C73H129N2O6P. The average Bonchev–Trinajstić information content (AvgIpc) is 3.47. The fourth-order valence-corrected chi connectivity index (χ4v) is 10.1.